The van der Waals surface area contributed by atoms with Crippen LogP contribution in [0.3, 0.4) is 0 Å². The first-order valence-corrected chi connectivity index (χ1v) is 5.64. The zero-order chi connectivity index (χ0) is 10.7. The Bertz CT molecular complexity index is 302. The Balaban J connectivity index is 1.97. The van der Waals surface area contributed by atoms with E-state index in [2.05, 4.69) is 4.98 Å². The molecular weight excluding hydrogens is 188 g/mol. The minimum atomic E-state index is 0.0398. The molecule has 1 aliphatic rings. The maximum absolute atomic E-state index is 5.76. The lowest BCUT2D eigenvalue weighted by molar-refractivity contribution is 0.201. The zero-order valence-corrected chi connectivity index (χ0v) is 9.15. The van der Waals surface area contributed by atoms with Crippen molar-refractivity contribution in [1.82, 2.24) is 4.98 Å². The molecule has 0 amide bonds. The summed E-state index contributed by atoms with van der Waals surface area (Å²) >= 11 is 0. The number of hydrogen-bond acceptors (Lipinski definition) is 3. The largest absolute Gasteiger partial charge is 0.474 e. The van der Waals surface area contributed by atoms with Gasteiger partial charge in [0, 0.05) is 18.3 Å². The van der Waals surface area contributed by atoms with Gasteiger partial charge in [0.25, 0.3) is 0 Å². The average Bonchev–Trinajstić information content (AvgIpc) is 2.71. The molecule has 1 unspecified atom stereocenters. The Kier molecular flexibility index (Phi) is 3.21. The topological polar surface area (TPSA) is 48.1 Å². The van der Waals surface area contributed by atoms with Gasteiger partial charge < -0.3 is 10.5 Å². The van der Waals surface area contributed by atoms with Crippen molar-refractivity contribution in [2.75, 3.05) is 0 Å². The minimum Gasteiger partial charge on any atom is -0.474 e. The van der Waals surface area contributed by atoms with E-state index in [0.29, 0.717) is 6.10 Å². The Hall–Kier alpha value is -1.09. The van der Waals surface area contributed by atoms with Crippen molar-refractivity contribution in [2.45, 2.75) is 44.8 Å². The van der Waals surface area contributed by atoms with E-state index < -0.39 is 0 Å². The molecule has 1 saturated carbocycles. The highest BCUT2D eigenvalue weighted by molar-refractivity contribution is 5.20. The Labute approximate surface area is 90.7 Å². The zero-order valence-electron chi connectivity index (χ0n) is 9.15. The molecule has 2 rings (SSSR count). The van der Waals surface area contributed by atoms with Crippen molar-refractivity contribution in [3.63, 3.8) is 0 Å². The summed E-state index contributed by atoms with van der Waals surface area (Å²) in [5.41, 5.74) is 6.80. The van der Waals surface area contributed by atoms with Crippen LogP contribution in [-0.4, -0.2) is 11.1 Å². The fourth-order valence-corrected chi connectivity index (χ4v) is 1.91. The van der Waals surface area contributed by atoms with Crippen LogP contribution in [0.1, 0.15) is 44.2 Å². The summed E-state index contributed by atoms with van der Waals surface area (Å²) < 4.78 is 5.76. The molecule has 82 valence electrons. The molecule has 0 saturated heterocycles. The summed E-state index contributed by atoms with van der Waals surface area (Å²) in [5, 5.41) is 0. The Morgan fingerprint density at radius 3 is 2.67 bits per heavy atom. The molecule has 3 nitrogen and oxygen atoms in total. The molecule has 1 aromatic heterocycles. The summed E-state index contributed by atoms with van der Waals surface area (Å²) in [6, 6.07) is 3.94. The second-order valence-electron chi connectivity index (χ2n) is 4.24. The third kappa shape index (κ3) is 2.69. The summed E-state index contributed by atoms with van der Waals surface area (Å²) in [5.74, 6) is 0.728. The van der Waals surface area contributed by atoms with Gasteiger partial charge in [0.15, 0.2) is 0 Å². The number of rotatable bonds is 3. The molecule has 15 heavy (non-hydrogen) atoms. The van der Waals surface area contributed by atoms with E-state index in [9.17, 15) is 0 Å². The molecule has 3 heteroatoms. The highest BCUT2D eigenvalue weighted by Crippen LogP contribution is 2.23. The quantitative estimate of drug-likeness (QED) is 0.826. The lowest BCUT2D eigenvalue weighted by Gasteiger charge is -2.12. The van der Waals surface area contributed by atoms with Gasteiger partial charge in [0.2, 0.25) is 5.88 Å². The standard InChI is InChI=1S/C12H18N2O/c1-9(13)10-6-7-12(14-8-10)15-11-4-2-3-5-11/h6-9,11H,2-5,13H2,1H3. The predicted octanol–water partition coefficient (Wildman–Crippen LogP) is 2.42. The van der Waals surface area contributed by atoms with E-state index in [4.69, 9.17) is 10.5 Å². The molecule has 0 radical (unpaired) electrons. The van der Waals surface area contributed by atoms with Crippen LogP contribution in [0.25, 0.3) is 0 Å². The molecule has 1 aliphatic carbocycles. The molecule has 0 spiro atoms. The van der Waals surface area contributed by atoms with Crippen molar-refractivity contribution < 1.29 is 4.74 Å². The summed E-state index contributed by atoms with van der Waals surface area (Å²) in [7, 11) is 0. The molecule has 0 aliphatic heterocycles. The summed E-state index contributed by atoms with van der Waals surface area (Å²) in [6.07, 6.45) is 7.06. The second-order valence-corrected chi connectivity index (χ2v) is 4.24. The second kappa shape index (κ2) is 4.62. The van der Waals surface area contributed by atoms with Crippen LogP contribution in [0.2, 0.25) is 0 Å². The Morgan fingerprint density at radius 2 is 2.13 bits per heavy atom. The van der Waals surface area contributed by atoms with Crippen molar-refractivity contribution in [1.29, 1.82) is 0 Å². The number of nitrogens with two attached hydrogens (primary N) is 1. The van der Waals surface area contributed by atoms with Crippen molar-refractivity contribution in [2.24, 2.45) is 5.73 Å². The van der Waals surface area contributed by atoms with E-state index in [-0.39, 0.29) is 6.04 Å². The van der Waals surface area contributed by atoms with E-state index in [1.165, 1.54) is 12.8 Å². The fourth-order valence-electron chi connectivity index (χ4n) is 1.91. The molecular formula is C12H18N2O. The minimum absolute atomic E-state index is 0.0398. The highest BCUT2D eigenvalue weighted by Gasteiger charge is 2.16. The third-order valence-electron chi connectivity index (χ3n) is 2.87. The van der Waals surface area contributed by atoms with Crippen LogP contribution in [-0.2, 0) is 0 Å². The van der Waals surface area contributed by atoms with Gasteiger partial charge in [-0.1, -0.05) is 6.07 Å². The molecule has 1 atom stereocenters. The van der Waals surface area contributed by atoms with Gasteiger partial charge in [-0.05, 0) is 38.2 Å². The lowest BCUT2D eigenvalue weighted by atomic mass is 10.2. The fraction of sp³-hybridized carbons (Fsp3) is 0.583. The molecule has 2 N–H and O–H groups in total. The van der Waals surface area contributed by atoms with Crippen LogP contribution in [0.4, 0.5) is 0 Å². The van der Waals surface area contributed by atoms with Gasteiger partial charge in [-0.15, -0.1) is 0 Å². The molecule has 1 heterocycles. The molecule has 1 aromatic rings. The average molecular weight is 206 g/mol. The molecule has 1 fully saturated rings. The normalized spacial score (nSPS) is 19.1. The van der Waals surface area contributed by atoms with Crippen LogP contribution in [0.5, 0.6) is 5.88 Å². The Morgan fingerprint density at radius 1 is 1.40 bits per heavy atom. The van der Waals surface area contributed by atoms with Gasteiger partial charge in [-0.3, -0.25) is 0 Å². The summed E-state index contributed by atoms with van der Waals surface area (Å²) in [4.78, 5) is 4.26. The van der Waals surface area contributed by atoms with Crippen LogP contribution >= 0.6 is 0 Å². The van der Waals surface area contributed by atoms with Gasteiger partial charge in [0.1, 0.15) is 6.10 Å². The van der Waals surface area contributed by atoms with Gasteiger partial charge in [0.05, 0.1) is 0 Å². The van der Waals surface area contributed by atoms with E-state index in [1.54, 1.807) is 6.20 Å². The third-order valence-corrected chi connectivity index (χ3v) is 2.87. The SMILES string of the molecule is CC(N)c1ccc(OC2CCCC2)nc1. The smallest absolute Gasteiger partial charge is 0.213 e. The maximum Gasteiger partial charge on any atom is 0.213 e. The number of hydrogen-bond donors (Lipinski definition) is 1. The number of ether oxygens (including phenoxy) is 1. The van der Waals surface area contributed by atoms with Gasteiger partial charge in [-0.2, -0.15) is 0 Å². The van der Waals surface area contributed by atoms with E-state index in [1.807, 2.05) is 19.1 Å². The highest BCUT2D eigenvalue weighted by atomic mass is 16.5. The monoisotopic (exact) mass is 206 g/mol. The maximum atomic E-state index is 5.76. The number of nitrogens with zero attached hydrogens (tertiary/aromatic N) is 1. The number of pyridine rings is 1. The van der Waals surface area contributed by atoms with E-state index in [0.717, 1.165) is 24.3 Å². The van der Waals surface area contributed by atoms with Crippen LogP contribution in [0.15, 0.2) is 18.3 Å². The van der Waals surface area contributed by atoms with Crippen molar-refractivity contribution >= 4 is 0 Å². The van der Waals surface area contributed by atoms with Gasteiger partial charge >= 0.3 is 0 Å². The van der Waals surface area contributed by atoms with Crippen molar-refractivity contribution in [3.05, 3.63) is 23.9 Å². The van der Waals surface area contributed by atoms with Crippen molar-refractivity contribution in [3.8, 4) is 5.88 Å². The lowest BCUT2D eigenvalue weighted by Crippen LogP contribution is -2.12. The first kappa shape index (κ1) is 10.4. The van der Waals surface area contributed by atoms with Gasteiger partial charge in [-0.25, -0.2) is 4.98 Å². The first-order chi connectivity index (χ1) is 7.25. The van der Waals surface area contributed by atoms with Crippen LogP contribution in [0, 0.1) is 0 Å². The summed E-state index contributed by atoms with van der Waals surface area (Å²) in [6.45, 7) is 1.95. The first-order valence-electron chi connectivity index (χ1n) is 5.64. The molecule has 0 bridgehead atoms. The van der Waals surface area contributed by atoms with Crippen LogP contribution < -0.4 is 10.5 Å². The number of aromatic nitrogens is 1. The molecule has 0 aromatic carbocycles. The predicted molar refractivity (Wildman–Crippen MR) is 59.7 cm³/mol. The van der Waals surface area contributed by atoms with E-state index >= 15 is 0 Å².